The first-order valence-corrected chi connectivity index (χ1v) is 5.85. The lowest BCUT2D eigenvalue weighted by Gasteiger charge is -2.18. The van der Waals surface area contributed by atoms with Crippen molar-refractivity contribution in [3.63, 3.8) is 0 Å². The SMILES string of the molecule is CCOC[C@@H](CN=O)OC(C)CI. The Bertz CT molecular complexity index is 135. The van der Waals surface area contributed by atoms with E-state index in [1.807, 2.05) is 13.8 Å². The highest BCUT2D eigenvalue weighted by molar-refractivity contribution is 14.1. The molecule has 5 heteroatoms. The summed E-state index contributed by atoms with van der Waals surface area (Å²) in [6.07, 6.45) is -0.0463. The van der Waals surface area contributed by atoms with E-state index in [4.69, 9.17) is 9.47 Å². The Labute approximate surface area is 92.5 Å². The van der Waals surface area contributed by atoms with Crippen molar-refractivity contribution in [3.05, 3.63) is 4.91 Å². The molecule has 0 amide bonds. The third kappa shape index (κ3) is 7.33. The van der Waals surface area contributed by atoms with Crippen molar-refractivity contribution in [1.82, 2.24) is 0 Å². The summed E-state index contributed by atoms with van der Waals surface area (Å²) in [6, 6.07) is 0. The van der Waals surface area contributed by atoms with Gasteiger partial charge in [0.15, 0.2) is 0 Å². The summed E-state index contributed by atoms with van der Waals surface area (Å²) < 4.78 is 11.6. The third-order valence-electron chi connectivity index (χ3n) is 1.43. The van der Waals surface area contributed by atoms with E-state index in [0.29, 0.717) is 13.2 Å². The molecule has 2 atom stereocenters. The molecule has 0 spiro atoms. The minimum atomic E-state index is -0.192. The second-order valence-electron chi connectivity index (χ2n) is 2.69. The molecule has 0 saturated carbocycles. The maximum absolute atomic E-state index is 10.1. The smallest absolute Gasteiger partial charge is 0.110 e. The van der Waals surface area contributed by atoms with Gasteiger partial charge < -0.3 is 9.47 Å². The van der Waals surface area contributed by atoms with E-state index in [2.05, 4.69) is 27.8 Å². The Kier molecular flexibility index (Phi) is 9.00. The predicted octanol–water partition coefficient (Wildman–Crippen LogP) is 2.00. The van der Waals surface area contributed by atoms with Crippen molar-refractivity contribution in [3.8, 4) is 0 Å². The molecule has 0 aromatic rings. The molecule has 0 saturated heterocycles. The maximum Gasteiger partial charge on any atom is 0.110 e. The average Bonchev–Trinajstić information content (AvgIpc) is 2.14. The van der Waals surface area contributed by atoms with Gasteiger partial charge in [-0.15, -0.1) is 0 Å². The summed E-state index contributed by atoms with van der Waals surface area (Å²) >= 11 is 2.24. The van der Waals surface area contributed by atoms with Crippen LogP contribution in [0.5, 0.6) is 0 Å². The average molecular weight is 301 g/mol. The van der Waals surface area contributed by atoms with Crippen LogP contribution in [0.4, 0.5) is 0 Å². The second-order valence-corrected chi connectivity index (χ2v) is 3.57. The lowest BCUT2D eigenvalue weighted by atomic mass is 10.3. The van der Waals surface area contributed by atoms with Gasteiger partial charge in [-0.05, 0) is 13.8 Å². The molecule has 0 fully saturated rings. The van der Waals surface area contributed by atoms with E-state index < -0.39 is 0 Å². The Morgan fingerprint density at radius 1 is 1.54 bits per heavy atom. The number of alkyl halides is 1. The molecule has 0 aromatic heterocycles. The van der Waals surface area contributed by atoms with Gasteiger partial charge >= 0.3 is 0 Å². The van der Waals surface area contributed by atoms with Crippen LogP contribution in [-0.4, -0.2) is 36.4 Å². The summed E-state index contributed by atoms with van der Waals surface area (Å²) in [5.41, 5.74) is 0. The Balaban J connectivity index is 3.71. The monoisotopic (exact) mass is 301 g/mol. The highest BCUT2D eigenvalue weighted by Gasteiger charge is 2.12. The van der Waals surface area contributed by atoms with Gasteiger partial charge in [0, 0.05) is 11.0 Å². The summed E-state index contributed by atoms with van der Waals surface area (Å²) in [5.74, 6) is 0. The van der Waals surface area contributed by atoms with Gasteiger partial charge in [0.2, 0.25) is 0 Å². The minimum Gasteiger partial charge on any atom is -0.379 e. The van der Waals surface area contributed by atoms with E-state index in [1.54, 1.807) is 0 Å². The van der Waals surface area contributed by atoms with Gasteiger partial charge in [-0.2, -0.15) is 4.91 Å². The second kappa shape index (κ2) is 8.83. The number of halogens is 1. The Hall–Kier alpha value is 0.250. The lowest BCUT2D eigenvalue weighted by molar-refractivity contribution is -0.0344. The largest absolute Gasteiger partial charge is 0.379 e. The number of ether oxygens (including phenoxy) is 2. The topological polar surface area (TPSA) is 47.9 Å². The number of nitroso groups, excluding NO2 is 1. The van der Waals surface area contributed by atoms with Gasteiger partial charge in [0.1, 0.15) is 12.6 Å². The normalized spacial score (nSPS) is 15.3. The predicted molar refractivity (Wildman–Crippen MR) is 60.4 cm³/mol. The van der Waals surface area contributed by atoms with Crippen LogP contribution in [-0.2, 0) is 9.47 Å². The molecule has 0 bridgehead atoms. The highest BCUT2D eigenvalue weighted by atomic mass is 127. The van der Waals surface area contributed by atoms with Crippen LogP contribution in [0, 0.1) is 4.91 Å². The molecule has 1 unspecified atom stereocenters. The standard InChI is InChI=1S/C8H16INO3/c1-3-12-6-8(5-10-11)13-7(2)4-9/h7-8H,3-6H2,1-2H3/t7?,8-/m1/s1. The summed E-state index contributed by atoms with van der Waals surface area (Å²) in [4.78, 5) is 10.1. The number of rotatable bonds is 8. The molecule has 0 aliphatic rings. The zero-order valence-electron chi connectivity index (χ0n) is 8.03. The van der Waals surface area contributed by atoms with Crippen molar-refractivity contribution in [2.24, 2.45) is 5.18 Å². The quantitative estimate of drug-likeness (QED) is 0.391. The molecule has 0 radical (unpaired) electrons. The summed E-state index contributed by atoms with van der Waals surface area (Å²) in [6.45, 7) is 5.13. The van der Waals surface area contributed by atoms with Crippen LogP contribution in [0.25, 0.3) is 0 Å². The minimum absolute atomic E-state index is 0.146. The van der Waals surface area contributed by atoms with E-state index in [9.17, 15) is 4.91 Å². The highest BCUT2D eigenvalue weighted by Crippen LogP contribution is 2.03. The van der Waals surface area contributed by atoms with Crippen LogP contribution < -0.4 is 0 Å². The molecular formula is C8H16INO3. The molecule has 78 valence electrons. The fourth-order valence-electron chi connectivity index (χ4n) is 0.832. The summed E-state index contributed by atoms with van der Waals surface area (Å²) in [7, 11) is 0. The molecular weight excluding hydrogens is 285 g/mol. The molecule has 0 aliphatic carbocycles. The first-order valence-electron chi connectivity index (χ1n) is 4.32. The molecule has 0 aromatic carbocycles. The van der Waals surface area contributed by atoms with Gasteiger partial charge in [-0.1, -0.05) is 27.8 Å². The van der Waals surface area contributed by atoms with E-state index in [0.717, 1.165) is 4.43 Å². The maximum atomic E-state index is 10.1. The van der Waals surface area contributed by atoms with Crippen molar-refractivity contribution >= 4 is 22.6 Å². The van der Waals surface area contributed by atoms with Crippen molar-refractivity contribution in [2.45, 2.75) is 26.1 Å². The number of hydrogen-bond acceptors (Lipinski definition) is 4. The van der Waals surface area contributed by atoms with Gasteiger partial charge in [-0.25, -0.2) is 0 Å². The van der Waals surface area contributed by atoms with Crippen LogP contribution in [0.1, 0.15) is 13.8 Å². The lowest BCUT2D eigenvalue weighted by Crippen LogP contribution is -2.28. The van der Waals surface area contributed by atoms with Crippen molar-refractivity contribution in [1.29, 1.82) is 0 Å². The molecule has 0 N–H and O–H groups in total. The fraction of sp³-hybridized carbons (Fsp3) is 1.00. The third-order valence-corrected chi connectivity index (χ3v) is 2.67. The summed E-state index contributed by atoms with van der Waals surface area (Å²) in [5, 5.41) is 2.82. The zero-order chi connectivity index (χ0) is 10.1. The van der Waals surface area contributed by atoms with Gasteiger partial charge in [-0.3, -0.25) is 0 Å². The van der Waals surface area contributed by atoms with E-state index in [1.165, 1.54) is 0 Å². The Morgan fingerprint density at radius 2 is 2.23 bits per heavy atom. The first-order chi connectivity index (χ1) is 6.24. The van der Waals surface area contributed by atoms with Gasteiger partial charge in [0.05, 0.1) is 12.7 Å². The molecule has 0 aliphatic heterocycles. The molecule has 0 heterocycles. The van der Waals surface area contributed by atoms with Crippen molar-refractivity contribution in [2.75, 3.05) is 24.2 Å². The van der Waals surface area contributed by atoms with Crippen molar-refractivity contribution < 1.29 is 9.47 Å². The van der Waals surface area contributed by atoms with E-state index in [-0.39, 0.29) is 18.8 Å². The molecule has 4 nitrogen and oxygen atoms in total. The van der Waals surface area contributed by atoms with E-state index >= 15 is 0 Å². The fourth-order valence-corrected chi connectivity index (χ4v) is 1.04. The number of hydrogen-bond donors (Lipinski definition) is 0. The van der Waals surface area contributed by atoms with Crippen LogP contribution >= 0.6 is 22.6 Å². The Morgan fingerprint density at radius 3 is 2.69 bits per heavy atom. The molecule has 13 heavy (non-hydrogen) atoms. The van der Waals surface area contributed by atoms with Crippen LogP contribution in [0.15, 0.2) is 5.18 Å². The van der Waals surface area contributed by atoms with Crippen LogP contribution in [0.3, 0.4) is 0 Å². The zero-order valence-corrected chi connectivity index (χ0v) is 10.2. The van der Waals surface area contributed by atoms with Crippen LogP contribution in [0.2, 0.25) is 0 Å². The number of nitrogens with zero attached hydrogens (tertiary/aromatic N) is 1. The first kappa shape index (κ1) is 13.2. The molecule has 0 rings (SSSR count). The van der Waals surface area contributed by atoms with Gasteiger partial charge in [0.25, 0.3) is 0 Å².